The molecule has 2 fully saturated rings. The van der Waals surface area contributed by atoms with Gasteiger partial charge in [-0.25, -0.2) is 0 Å². The first-order chi connectivity index (χ1) is 5.89. The average Bonchev–Trinajstić information content (AvgIpc) is 2.46. The molecule has 0 N–H and O–H groups in total. The van der Waals surface area contributed by atoms with Crippen molar-refractivity contribution >= 4 is 0 Å². The van der Waals surface area contributed by atoms with Crippen molar-refractivity contribution < 1.29 is 0 Å². The highest BCUT2D eigenvalue weighted by molar-refractivity contribution is 5.04. The summed E-state index contributed by atoms with van der Waals surface area (Å²) in [5.74, 6) is 1.82. The Hall–Kier alpha value is -0.400. The van der Waals surface area contributed by atoms with Gasteiger partial charge in [-0.15, -0.1) is 0 Å². The molecule has 1 aliphatic heterocycles. The van der Waals surface area contributed by atoms with Gasteiger partial charge in [-0.2, -0.15) is 10.2 Å². The van der Waals surface area contributed by atoms with E-state index in [9.17, 15) is 0 Å². The molecule has 0 aromatic carbocycles. The number of nitrogens with zero attached hydrogens (tertiary/aromatic N) is 2. The molecule has 3 aliphatic rings. The maximum atomic E-state index is 4.53. The molecule has 2 bridgehead atoms. The second kappa shape index (κ2) is 2.30. The molecular formula is C10H16N2. The summed E-state index contributed by atoms with van der Waals surface area (Å²) in [5, 5.41) is 8.80. The van der Waals surface area contributed by atoms with E-state index < -0.39 is 0 Å². The SMILES string of the molecule is C1C[C@H]2CCC3CN=NC3(C1)C2. The van der Waals surface area contributed by atoms with E-state index in [2.05, 4.69) is 10.2 Å². The van der Waals surface area contributed by atoms with Gasteiger partial charge in [0.1, 0.15) is 0 Å². The van der Waals surface area contributed by atoms with Crippen molar-refractivity contribution in [1.29, 1.82) is 0 Å². The summed E-state index contributed by atoms with van der Waals surface area (Å²) >= 11 is 0. The molecule has 0 amide bonds. The van der Waals surface area contributed by atoms with E-state index in [1.54, 1.807) is 0 Å². The zero-order chi connectivity index (χ0) is 8.02. The van der Waals surface area contributed by atoms with Crippen LogP contribution in [0.3, 0.4) is 0 Å². The van der Waals surface area contributed by atoms with Gasteiger partial charge in [-0.3, -0.25) is 0 Å². The van der Waals surface area contributed by atoms with Crippen LogP contribution < -0.4 is 0 Å². The topological polar surface area (TPSA) is 24.7 Å². The molecule has 12 heavy (non-hydrogen) atoms. The molecule has 0 aromatic heterocycles. The van der Waals surface area contributed by atoms with Crippen molar-refractivity contribution in [3.63, 3.8) is 0 Å². The lowest BCUT2D eigenvalue weighted by Crippen LogP contribution is -2.43. The van der Waals surface area contributed by atoms with Crippen LogP contribution in [0.1, 0.15) is 38.5 Å². The molecule has 0 aromatic rings. The summed E-state index contributed by atoms with van der Waals surface area (Å²) in [5.41, 5.74) is 0.348. The number of hydrogen-bond donors (Lipinski definition) is 0. The number of fused-ring (bicyclic) bond motifs is 1. The monoisotopic (exact) mass is 164 g/mol. The summed E-state index contributed by atoms with van der Waals surface area (Å²) in [6.07, 6.45) is 8.41. The third-order valence-corrected chi connectivity index (χ3v) is 4.12. The van der Waals surface area contributed by atoms with Gasteiger partial charge in [-0.1, -0.05) is 12.8 Å². The van der Waals surface area contributed by atoms with Crippen LogP contribution in [0.5, 0.6) is 0 Å². The van der Waals surface area contributed by atoms with Crippen molar-refractivity contribution in [3.05, 3.63) is 0 Å². The zero-order valence-electron chi connectivity index (χ0n) is 7.50. The summed E-state index contributed by atoms with van der Waals surface area (Å²) < 4.78 is 0. The van der Waals surface area contributed by atoms with Crippen LogP contribution in [-0.4, -0.2) is 12.1 Å². The molecule has 1 heterocycles. The number of azo groups is 1. The van der Waals surface area contributed by atoms with Crippen LogP contribution in [-0.2, 0) is 0 Å². The smallest absolute Gasteiger partial charge is 0.0864 e. The summed E-state index contributed by atoms with van der Waals surface area (Å²) in [7, 11) is 0. The Labute approximate surface area is 73.5 Å². The first kappa shape index (κ1) is 7.05. The fraction of sp³-hybridized carbons (Fsp3) is 1.00. The third kappa shape index (κ3) is 0.810. The molecule has 1 spiro atoms. The predicted molar refractivity (Wildman–Crippen MR) is 47.1 cm³/mol. The molecule has 2 nitrogen and oxygen atoms in total. The van der Waals surface area contributed by atoms with Crippen molar-refractivity contribution in [2.75, 3.05) is 6.54 Å². The van der Waals surface area contributed by atoms with Crippen LogP contribution in [0.2, 0.25) is 0 Å². The van der Waals surface area contributed by atoms with Gasteiger partial charge >= 0.3 is 0 Å². The molecular weight excluding hydrogens is 148 g/mol. The lowest BCUT2D eigenvalue weighted by Gasteiger charge is -2.43. The molecule has 2 heteroatoms. The van der Waals surface area contributed by atoms with Gasteiger partial charge in [0.15, 0.2) is 0 Å². The summed E-state index contributed by atoms with van der Waals surface area (Å²) in [6, 6.07) is 0. The largest absolute Gasteiger partial charge is 0.193 e. The van der Waals surface area contributed by atoms with E-state index >= 15 is 0 Å². The third-order valence-electron chi connectivity index (χ3n) is 4.12. The van der Waals surface area contributed by atoms with Crippen molar-refractivity contribution in [2.45, 2.75) is 44.1 Å². The van der Waals surface area contributed by atoms with Crippen molar-refractivity contribution in [2.24, 2.45) is 22.1 Å². The van der Waals surface area contributed by atoms with Gasteiger partial charge < -0.3 is 0 Å². The van der Waals surface area contributed by atoms with Crippen LogP contribution in [0.25, 0.3) is 0 Å². The lowest BCUT2D eigenvalue weighted by molar-refractivity contribution is 0.111. The summed E-state index contributed by atoms with van der Waals surface area (Å²) in [6.45, 7) is 1.03. The Morgan fingerprint density at radius 1 is 1.17 bits per heavy atom. The second-order valence-corrected chi connectivity index (χ2v) is 4.76. The van der Waals surface area contributed by atoms with Crippen LogP contribution in [0.15, 0.2) is 10.2 Å². The molecule has 0 radical (unpaired) electrons. The van der Waals surface area contributed by atoms with E-state index in [4.69, 9.17) is 0 Å². The molecule has 3 atom stereocenters. The van der Waals surface area contributed by atoms with Gasteiger partial charge in [-0.05, 0) is 31.6 Å². The Balaban J connectivity index is 1.93. The Bertz CT molecular complexity index is 224. The quantitative estimate of drug-likeness (QED) is 0.526. The van der Waals surface area contributed by atoms with E-state index in [-0.39, 0.29) is 0 Å². The maximum Gasteiger partial charge on any atom is 0.0864 e. The van der Waals surface area contributed by atoms with Gasteiger partial charge in [0, 0.05) is 5.92 Å². The standard InChI is InChI=1S/C10H16N2/c1-2-8-3-4-9-7-11-12-10(9,5-1)6-8/h8-9H,1-7H2/t8-,9?,10?/m0/s1. The maximum absolute atomic E-state index is 4.53. The highest BCUT2D eigenvalue weighted by Crippen LogP contribution is 2.50. The normalized spacial score (nSPS) is 50.7. The van der Waals surface area contributed by atoms with Crippen LogP contribution in [0, 0.1) is 11.8 Å². The highest BCUT2D eigenvalue weighted by atomic mass is 15.2. The fourth-order valence-electron chi connectivity index (χ4n) is 3.44. The molecule has 66 valence electrons. The highest BCUT2D eigenvalue weighted by Gasteiger charge is 2.48. The number of hydrogen-bond acceptors (Lipinski definition) is 2. The van der Waals surface area contributed by atoms with E-state index in [1.165, 1.54) is 38.5 Å². The minimum absolute atomic E-state index is 0.348. The molecule has 2 aliphatic carbocycles. The van der Waals surface area contributed by atoms with Gasteiger partial charge in [0.05, 0.1) is 12.1 Å². The Morgan fingerprint density at radius 3 is 3.17 bits per heavy atom. The first-order valence-corrected chi connectivity index (χ1v) is 5.28. The van der Waals surface area contributed by atoms with E-state index in [0.29, 0.717) is 5.54 Å². The zero-order valence-corrected chi connectivity index (χ0v) is 7.50. The van der Waals surface area contributed by atoms with Gasteiger partial charge in [0.2, 0.25) is 0 Å². The lowest BCUT2D eigenvalue weighted by atomic mass is 9.63. The molecule has 2 saturated carbocycles. The van der Waals surface area contributed by atoms with E-state index in [0.717, 1.165) is 18.4 Å². The van der Waals surface area contributed by atoms with E-state index in [1.807, 2.05) is 0 Å². The second-order valence-electron chi connectivity index (χ2n) is 4.76. The number of rotatable bonds is 0. The minimum Gasteiger partial charge on any atom is -0.193 e. The Morgan fingerprint density at radius 2 is 2.17 bits per heavy atom. The minimum atomic E-state index is 0.348. The predicted octanol–water partition coefficient (Wildman–Crippen LogP) is 2.79. The van der Waals surface area contributed by atoms with Crippen LogP contribution in [0.4, 0.5) is 0 Å². The Kier molecular flexibility index (Phi) is 1.35. The van der Waals surface area contributed by atoms with Crippen LogP contribution >= 0.6 is 0 Å². The molecule has 3 rings (SSSR count). The van der Waals surface area contributed by atoms with Gasteiger partial charge in [0.25, 0.3) is 0 Å². The summed E-state index contributed by atoms with van der Waals surface area (Å²) in [4.78, 5) is 0. The molecule has 2 unspecified atom stereocenters. The first-order valence-electron chi connectivity index (χ1n) is 5.28. The average molecular weight is 164 g/mol. The van der Waals surface area contributed by atoms with Crippen molar-refractivity contribution in [1.82, 2.24) is 0 Å². The molecule has 0 saturated heterocycles. The van der Waals surface area contributed by atoms with Crippen molar-refractivity contribution in [3.8, 4) is 0 Å². The fourth-order valence-corrected chi connectivity index (χ4v) is 3.44.